The Bertz CT molecular complexity index is 310. The number of carbonyl (C=O) groups excluding carboxylic acids is 1. The average molecular weight is 192 g/mol. The number of nitrogens with zero attached hydrogens (tertiary/aromatic N) is 1. The van der Waals surface area contributed by atoms with Crippen LogP contribution in [-0.4, -0.2) is 10.9 Å². The number of rotatable bonds is 5. The first-order valence-corrected chi connectivity index (χ1v) is 4.89. The van der Waals surface area contributed by atoms with Crippen LogP contribution in [0.25, 0.3) is 0 Å². The normalized spacial score (nSPS) is 10.1. The van der Waals surface area contributed by atoms with Crippen molar-refractivity contribution in [2.75, 3.05) is 0 Å². The number of nitrogens with two attached hydrogens (primary N) is 1. The van der Waals surface area contributed by atoms with Gasteiger partial charge in [-0.1, -0.05) is 6.07 Å². The molecule has 0 fully saturated rings. The molecule has 0 aliphatic carbocycles. The first-order chi connectivity index (χ1) is 6.70. The van der Waals surface area contributed by atoms with E-state index < -0.39 is 0 Å². The molecule has 0 aliphatic rings. The third kappa shape index (κ3) is 3.56. The number of carbonyl (C=O) groups is 1. The summed E-state index contributed by atoms with van der Waals surface area (Å²) < 4.78 is 0. The van der Waals surface area contributed by atoms with Crippen molar-refractivity contribution in [2.45, 2.75) is 32.6 Å². The maximum Gasteiger partial charge on any atom is 0.217 e. The van der Waals surface area contributed by atoms with E-state index in [-0.39, 0.29) is 5.91 Å². The lowest BCUT2D eigenvalue weighted by molar-refractivity contribution is -0.118. The van der Waals surface area contributed by atoms with Crippen LogP contribution >= 0.6 is 0 Å². The zero-order chi connectivity index (χ0) is 10.4. The predicted octanol–water partition coefficient (Wildman–Crippen LogP) is 1.59. The Kier molecular flexibility index (Phi) is 4.11. The summed E-state index contributed by atoms with van der Waals surface area (Å²) in [6.07, 6.45) is 5.04. The maximum atomic E-state index is 10.5. The highest BCUT2D eigenvalue weighted by atomic mass is 16.1. The highest BCUT2D eigenvalue weighted by Crippen LogP contribution is 2.08. The molecule has 0 radical (unpaired) electrons. The first kappa shape index (κ1) is 10.7. The number of hydrogen-bond donors (Lipinski definition) is 1. The van der Waals surface area contributed by atoms with Gasteiger partial charge in [0, 0.05) is 18.3 Å². The van der Waals surface area contributed by atoms with E-state index >= 15 is 0 Å². The Morgan fingerprint density at radius 2 is 2.29 bits per heavy atom. The standard InChI is InChI=1S/C11H16N2O/c1-9-5-4-8-13-10(9)6-2-3-7-11(12)14/h4-5,8H,2-3,6-7H2,1H3,(H2,12,14). The van der Waals surface area contributed by atoms with Gasteiger partial charge < -0.3 is 5.73 Å². The van der Waals surface area contributed by atoms with Crippen molar-refractivity contribution >= 4 is 5.91 Å². The van der Waals surface area contributed by atoms with Crippen LogP contribution in [0.4, 0.5) is 0 Å². The predicted molar refractivity (Wildman–Crippen MR) is 55.7 cm³/mol. The van der Waals surface area contributed by atoms with E-state index in [2.05, 4.69) is 18.0 Å². The molecule has 1 amide bonds. The number of pyridine rings is 1. The van der Waals surface area contributed by atoms with E-state index in [9.17, 15) is 4.79 Å². The second-order valence-electron chi connectivity index (χ2n) is 3.44. The van der Waals surface area contributed by atoms with Gasteiger partial charge in [-0.15, -0.1) is 0 Å². The van der Waals surface area contributed by atoms with Crippen LogP contribution < -0.4 is 5.73 Å². The van der Waals surface area contributed by atoms with Crippen molar-refractivity contribution in [2.24, 2.45) is 5.73 Å². The summed E-state index contributed by atoms with van der Waals surface area (Å²) in [5.74, 6) is -0.220. The van der Waals surface area contributed by atoms with E-state index in [4.69, 9.17) is 5.73 Å². The average Bonchev–Trinajstić information content (AvgIpc) is 2.15. The fraction of sp³-hybridized carbons (Fsp3) is 0.455. The largest absolute Gasteiger partial charge is 0.370 e. The fourth-order valence-corrected chi connectivity index (χ4v) is 1.37. The van der Waals surface area contributed by atoms with E-state index in [1.165, 1.54) is 5.56 Å². The molecule has 1 rings (SSSR count). The molecule has 0 aliphatic heterocycles. The monoisotopic (exact) mass is 192 g/mol. The molecule has 0 unspecified atom stereocenters. The zero-order valence-corrected chi connectivity index (χ0v) is 8.49. The molecule has 2 N–H and O–H groups in total. The van der Waals surface area contributed by atoms with Crippen molar-refractivity contribution in [3.63, 3.8) is 0 Å². The molecule has 0 aromatic carbocycles. The van der Waals surface area contributed by atoms with Gasteiger partial charge in [0.1, 0.15) is 0 Å². The third-order valence-electron chi connectivity index (χ3n) is 2.20. The topological polar surface area (TPSA) is 56.0 Å². The summed E-state index contributed by atoms with van der Waals surface area (Å²) in [6.45, 7) is 2.05. The molecule has 3 heteroatoms. The van der Waals surface area contributed by atoms with Gasteiger partial charge in [-0.2, -0.15) is 0 Å². The molecule has 1 aromatic rings. The van der Waals surface area contributed by atoms with E-state index in [0.29, 0.717) is 6.42 Å². The summed E-state index contributed by atoms with van der Waals surface area (Å²) in [7, 11) is 0. The molecular formula is C11H16N2O. The third-order valence-corrected chi connectivity index (χ3v) is 2.20. The molecule has 0 saturated heterocycles. The molecule has 0 atom stereocenters. The summed E-state index contributed by atoms with van der Waals surface area (Å²) >= 11 is 0. The van der Waals surface area contributed by atoms with Crippen LogP contribution in [0.2, 0.25) is 0 Å². The van der Waals surface area contributed by atoms with Gasteiger partial charge in [0.15, 0.2) is 0 Å². The Labute approximate surface area is 84.3 Å². The van der Waals surface area contributed by atoms with Gasteiger partial charge in [0.25, 0.3) is 0 Å². The second-order valence-corrected chi connectivity index (χ2v) is 3.44. The Balaban J connectivity index is 2.31. The maximum absolute atomic E-state index is 10.5. The molecule has 1 heterocycles. The molecule has 0 spiro atoms. The van der Waals surface area contributed by atoms with Crippen LogP contribution in [0, 0.1) is 6.92 Å². The minimum Gasteiger partial charge on any atom is -0.370 e. The summed E-state index contributed by atoms with van der Waals surface area (Å²) in [5.41, 5.74) is 7.38. The minimum absolute atomic E-state index is 0.220. The van der Waals surface area contributed by atoms with Crippen molar-refractivity contribution in [1.29, 1.82) is 0 Å². The van der Waals surface area contributed by atoms with Crippen molar-refractivity contribution in [3.05, 3.63) is 29.6 Å². The molecule has 0 bridgehead atoms. The number of primary amides is 1. The van der Waals surface area contributed by atoms with Crippen molar-refractivity contribution in [1.82, 2.24) is 4.98 Å². The zero-order valence-electron chi connectivity index (χ0n) is 8.49. The minimum atomic E-state index is -0.220. The molecule has 14 heavy (non-hydrogen) atoms. The molecular weight excluding hydrogens is 176 g/mol. The van der Waals surface area contributed by atoms with Crippen molar-refractivity contribution in [3.8, 4) is 0 Å². The van der Waals surface area contributed by atoms with Gasteiger partial charge >= 0.3 is 0 Å². The number of aromatic nitrogens is 1. The van der Waals surface area contributed by atoms with Crippen LogP contribution in [0.3, 0.4) is 0 Å². The Morgan fingerprint density at radius 1 is 1.50 bits per heavy atom. The lowest BCUT2D eigenvalue weighted by atomic mass is 10.1. The molecule has 3 nitrogen and oxygen atoms in total. The van der Waals surface area contributed by atoms with E-state index in [1.807, 2.05) is 6.07 Å². The summed E-state index contributed by atoms with van der Waals surface area (Å²) in [4.78, 5) is 14.8. The van der Waals surface area contributed by atoms with Crippen LogP contribution in [0.1, 0.15) is 30.5 Å². The summed E-state index contributed by atoms with van der Waals surface area (Å²) in [6, 6.07) is 3.98. The molecule has 76 valence electrons. The van der Waals surface area contributed by atoms with E-state index in [1.54, 1.807) is 6.20 Å². The van der Waals surface area contributed by atoms with Crippen LogP contribution in [-0.2, 0) is 11.2 Å². The Morgan fingerprint density at radius 3 is 2.93 bits per heavy atom. The summed E-state index contributed by atoms with van der Waals surface area (Å²) in [5, 5.41) is 0. The van der Waals surface area contributed by atoms with Crippen molar-refractivity contribution < 1.29 is 4.79 Å². The SMILES string of the molecule is Cc1cccnc1CCCCC(N)=O. The quantitative estimate of drug-likeness (QED) is 0.720. The van der Waals surface area contributed by atoms with Gasteiger partial charge in [-0.05, 0) is 37.8 Å². The smallest absolute Gasteiger partial charge is 0.217 e. The number of aryl methyl sites for hydroxylation is 2. The fourth-order valence-electron chi connectivity index (χ4n) is 1.37. The number of unbranched alkanes of at least 4 members (excludes halogenated alkanes) is 1. The van der Waals surface area contributed by atoms with Crippen LogP contribution in [0.5, 0.6) is 0 Å². The lowest BCUT2D eigenvalue weighted by Gasteiger charge is -2.02. The van der Waals surface area contributed by atoms with Gasteiger partial charge in [0.05, 0.1) is 0 Å². The number of hydrogen-bond acceptors (Lipinski definition) is 2. The van der Waals surface area contributed by atoms with Crippen LogP contribution in [0.15, 0.2) is 18.3 Å². The van der Waals surface area contributed by atoms with Gasteiger partial charge in [-0.3, -0.25) is 9.78 Å². The van der Waals surface area contributed by atoms with Gasteiger partial charge in [-0.25, -0.2) is 0 Å². The first-order valence-electron chi connectivity index (χ1n) is 4.89. The van der Waals surface area contributed by atoms with E-state index in [0.717, 1.165) is 25.0 Å². The van der Waals surface area contributed by atoms with Gasteiger partial charge in [0.2, 0.25) is 5.91 Å². The molecule has 1 aromatic heterocycles. The molecule has 0 saturated carbocycles. The Hall–Kier alpha value is -1.38. The highest BCUT2D eigenvalue weighted by Gasteiger charge is 1.99. The number of amides is 1. The highest BCUT2D eigenvalue weighted by molar-refractivity contribution is 5.73. The second kappa shape index (κ2) is 5.37. The lowest BCUT2D eigenvalue weighted by Crippen LogP contribution is -2.09.